The predicted octanol–water partition coefficient (Wildman–Crippen LogP) is 4.70. The Bertz CT molecular complexity index is 859. The second-order valence-electron chi connectivity index (χ2n) is 7.18. The molecule has 0 saturated heterocycles. The van der Waals surface area contributed by atoms with Crippen molar-refractivity contribution in [3.05, 3.63) is 82.8 Å². The van der Waals surface area contributed by atoms with E-state index in [2.05, 4.69) is 10.6 Å². The van der Waals surface area contributed by atoms with Crippen LogP contribution in [-0.2, 0) is 0 Å². The molecule has 0 heterocycles. The van der Waals surface area contributed by atoms with Gasteiger partial charge in [-0.1, -0.05) is 23.2 Å². The van der Waals surface area contributed by atoms with E-state index >= 15 is 0 Å². The lowest BCUT2D eigenvalue weighted by Crippen LogP contribution is -2.26. The molecule has 0 aromatic heterocycles. The molecule has 0 fully saturated rings. The first-order valence-electron chi connectivity index (χ1n) is 10.2. The first-order valence-corrected chi connectivity index (χ1v) is 10.9. The Hall–Kier alpha value is -2.64. The van der Waals surface area contributed by atoms with Gasteiger partial charge >= 0.3 is 0 Å². The fourth-order valence-corrected chi connectivity index (χ4v) is 2.99. The van der Waals surface area contributed by atoms with Crippen LogP contribution in [0.15, 0.2) is 72.8 Å². The number of halogens is 2. The number of hydrogen-bond acceptors (Lipinski definition) is 6. The molecule has 3 rings (SSSR count). The molecule has 0 spiro atoms. The number of aliphatic hydroxyl groups is 2. The summed E-state index contributed by atoms with van der Waals surface area (Å²) in [5.41, 5.74) is 1.75. The van der Waals surface area contributed by atoms with Crippen molar-refractivity contribution in [2.75, 3.05) is 36.9 Å². The number of nitrogens with one attached hydrogen (secondary N) is 2. The van der Waals surface area contributed by atoms with Crippen molar-refractivity contribution in [3.63, 3.8) is 0 Å². The van der Waals surface area contributed by atoms with Gasteiger partial charge in [-0.2, -0.15) is 0 Å². The summed E-state index contributed by atoms with van der Waals surface area (Å²) in [6.07, 6.45) is -1.35. The van der Waals surface area contributed by atoms with E-state index in [1.54, 1.807) is 48.5 Å². The zero-order valence-electron chi connectivity index (χ0n) is 17.4. The summed E-state index contributed by atoms with van der Waals surface area (Å²) in [7, 11) is 0. The van der Waals surface area contributed by atoms with E-state index in [1.165, 1.54) is 0 Å². The standard InChI is InChI=1S/C24H26Cl2N2O4/c25-17-1-5-19(6-2-17)27-13-21(29)15-31-23-9-11-24(12-10-23)32-16-22(30)14-28-20-7-3-18(26)4-8-20/h1-12,21-22,27-30H,13-16H2/t21-,22+. The molecular weight excluding hydrogens is 451 g/mol. The highest BCUT2D eigenvalue weighted by molar-refractivity contribution is 6.30. The van der Waals surface area contributed by atoms with E-state index in [0.717, 1.165) is 11.4 Å². The maximum atomic E-state index is 10.1. The average molecular weight is 477 g/mol. The summed E-state index contributed by atoms with van der Waals surface area (Å²) < 4.78 is 11.2. The highest BCUT2D eigenvalue weighted by Crippen LogP contribution is 2.19. The lowest BCUT2D eigenvalue weighted by Gasteiger charge is -2.15. The van der Waals surface area contributed by atoms with Gasteiger partial charge in [-0.3, -0.25) is 0 Å². The molecule has 0 bridgehead atoms. The normalized spacial score (nSPS) is 12.6. The van der Waals surface area contributed by atoms with Gasteiger partial charge in [0.1, 0.15) is 36.9 Å². The number of ether oxygens (including phenoxy) is 2. The number of rotatable bonds is 12. The van der Waals surface area contributed by atoms with Gasteiger partial charge in [0, 0.05) is 34.5 Å². The van der Waals surface area contributed by atoms with Crippen LogP contribution in [0.25, 0.3) is 0 Å². The summed E-state index contributed by atoms with van der Waals surface area (Å²) in [4.78, 5) is 0. The number of aliphatic hydroxyl groups excluding tert-OH is 2. The van der Waals surface area contributed by atoms with Gasteiger partial charge in [-0.15, -0.1) is 0 Å². The zero-order valence-corrected chi connectivity index (χ0v) is 18.9. The first kappa shape index (κ1) is 24.0. The molecule has 8 heteroatoms. The van der Waals surface area contributed by atoms with Crippen LogP contribution < -0.4 is 20.1 Å². The van der Waals surface area contributed by atoms with Crippen LogP contribution in [0.2, 0.25) is 10.0 Å². The lowest BCUT2D eigenvalue weighted by atomic mass is 10.3. The topological polar surface area (TPSA) is 83.0 Å². The summed E-state index contributed by atoms with van der Waals surface area (Å²) in [6.45, 7) is 1.00. The van der Waals surface area contributed by atoms with Crippen LogP contribution in [0.1, 0.15) is 0 Å². The van der Waals surface area contributed by atoms with Crippen LogP contribution in [0, 0.1) is 0 Å². The van der Waals surface area contributed by atoms with E-state index < -0.39 is 12.2 Å². The van der Waals surface area contributed by atoms with E-state index in [4.69, 9.17) is 32.7 Å². The van der Waals surface area contributed by atoms with Crippen molar-refractivity contribution >= 4 is 34.6 Å². The van der Waals surface area contributed by atoms with E-state index in [9.17, 15) is 10.2 Å². The number of anilines is 2. The van der Waals surface area contributed by atoms with E-state index in [-0.39, 0.29) is 13.2 Å². The summed E-state index contributed by atoms with van der Waals surface area (Å²) in [5, 5.41) is 27.8. The van der Waals surface area contributed by atoms with Crippen LogP contribution in [0.4, 0.5) is 11.4 Å². The Kier molecular flexibility index (Phi) is 9.31. The average Bonchev–Trinajstić information content (AvgIpc) is 2.81. The SMILES string of the molecule is O[C@H](CNc1ccc(Cl)cc1)COc1ccc(OC[C@@H](O)CNc2ccc(Cl)cc2)cc1. The van der Waals surface area contributed by atoms with Gasteiger partial charge < -0.3 is 30.3 Å². The summed E-state index contributed by atoms with van der Waals surface area (Å²) >= 11 is 11.7. The third-order valence-electron chi connectivity index (χ3n) is 4.48. The molecule has 0 radical (unpaired) electrons. The quantitative estimate of drug-likeness (QED) is 0.303. The minimum Gasteiger partial charge on any atom is -0.491 e. The molecule has 0 aliphatic rings. The van der Waals surface area contributed by atoms with Gasteiger partial charge in [0.15, 0.2) is 0 Å². The smallest absolute Gasteiger partial charge is 0.119 e. The van der Waals surface area contributed by atoms with Gasteiger partial charge in [-0.05, 0) is 72.8 Å². The Morgan fingerprint density at radius 1 is 0.594 bits per heavy atom. The molecule has 3 aromatic carbocycles. The second kappa shape index (κ2) is 12.4. The maximum Gasteiger partial charge on any atom is 0.119 e. The monoisotopic (exact) mass is 476 g/mol. The van der Waals surface area contributed by atoms with Crippen LogP contribution >= 0.6 is 23.2 Å². The highest BCUT2D eigenvalue weighted by atomic mass is 35.5. The minimum atomic E-state index is -0.676. The molecule has 3 aromatic rings. The summed E-state index contributed by atoms with van der Waals surface area (Å²) in [5.74, 6) is 1.24. The van der Waals surface area contributed by atoms with Crippen LogP contribution in [0.3, 0.4) is 0 Å². The van der Waals surface area contributed by atoms with E-state index in [0.29, 0.717) is 34.6 Å². The molecule has 0 amide bonds. The Labute approximate surface area is 197 Å². The van der Waals surface area contributed by atoms with Crippen molar-refractivity contribution in [1.82, 2.24) is 0 Å². The molecule has 0 aliphatic heterocycles. The molecular formula is C24H26Cl2N2O4. The minimum absolute atomic E-state index is 0.149. The molecule has 32 heavy (non-hydrogen) atoms. The zero-order chi connectivity index (χ0) is 22.8. The van der Waals surface area contributed by atoms with Gasteiger partial charge in [0.25, 0.3) is 0 Å². The molecule has 170 valence electrons. The predicted molar refractivity (Wildman–Crippen MR) is 129 cm³/mol. The molecule has 0 unspecified atom stereocenters. The van der Waals surface area contributed by atoms with Gasteiger partial charge in [0.05, 0.1) is 0 Å². The molecule has 2 atom stereocenters. The van der Waals surface area contributed by atoms with Crippen molar-refractivity contribution in [2.24, 2.45) is 0 Å². The van der Waals surface area contributed by atoms with Crippen molar-refractivity contribution in [3.8, 4) is 11.5 Å². The van der Waals surface area contributed by atoms with E-state index in [1.807, 2.05) is 24.3 Å². The number of hydrogen-bond donors (Lipinski definition) is 4. The van der Waals surface area contributed by atoms with Crippen molar-refractivity contribution in [2.45, 2.75) is 12.2 Å². The first-order chi connectivity index (χ1) is 15.5. The van der Waals surface area contributed by atoms with Crippen LogP contribution in [0.5, 0.6) is 11.5 Å². The number of benzene rings is 3. The largest absolute Gasteiger partial charge is 0.491 e. The lowest BCUT2D eigenvalue weighted by molar-refractivity contribution is 0.115. The maximum absolute atomic E-state index is 10.1. The fourth-order valence-electron chi connectivity index (χ4n) is 2.74. The summed E-state index contributed by atoms with van der Waals surface area (Å²) in [6, 6.07) is 21.5. The second-order valence-corrected chi connectivity index (χ2v) is 8.05. The van der Waals surface area contributed by atoms with Gasteiger partial charge in [0.2, 0.25) is 0 Å². The third kappa shape index (κ3) is 8.48. The fraction of sp³-hybridized carbons (Fsp3) is 0.250. The third-order valence-corrected chi connectivity index (χ3v) is 4.98. The van der Waals surface area contributed by atoms with Crippen molar-refractivity contribution < 1.29 is 19.7 Å². The molecule has 4 N–H and O–H groups in total. The highest BCUT2D eigenvalue weighted by Gasteiger charge is 2.08. The molecule has 0 aliphatic carbocycles. The molecule has 0 saturated carbocycles. The van der Waals surface area contributed by atoms with Gasteiger partial charge in [-0.25, -0.2) is 0 Å². The Morgan fingerprint density at radius 2 is 0.938 bits per heavy atom. The Morgan fingerprint density at radius 3 is 1.28 bits per heavy atom. The van der Waals surface area contributed by atoms with Crippen molar-refractivity contribution in [1.29, 1.82) is 0 Å². The van der Waals surface area contributed by atoms with Crippen LogP contribution in [-0.4, -0.2) is 48.7 Å². The molecule has 6 nitrogen and oxygen atoms in total. The Balaban J connectivity index is 1.33.